The van der Waals surface area contributed by atoms with Crippen molar-refractivity contribution >= 4 is 44.6 Å². The van der Waals surface area contributed by atoms with Crippen LogP contribution in [0.2, 0.25) is 0 Å². The van der Waals surface area contributed by atoms with Crippen LogP contribution in [0.3, 0.4) is 0 Å². The Morgan fingerprint density at radius 1 is 0.359 bits per heavy atom. The minimum atomic E-state index is -2.23. The number of benzene rings is 10. The van der Waals surface area contributed by atoms with Crippen molar-refractivity contribution in [1.29, 1.82) is 0 Å². The number of nitrogens with zero attached hydrogens (tertiary/aromatic N) is 4. The topological polar surface area (TPSA) is 33.5 Å². The number of pyridine rings is 1. The highest BCUT2D eigenvalue weighted by molar-refractivity contribution is 6.09. The van der Waals surface area contributed by atoms with Gasteiger partial charge in [0.1, 0.15) is 24.0 Å². The Labute approximate surface area is 536 Å². The van der Waals surface area contributed by atoms with E-state index >= 15 is 22.0 Å². The fourth-order valence-corrected chi connectivity index (χ4v) is 12.6. The van der Waals surface area contributed by atoms with Crippen LogP contribution < -0.4 is 14.5 Å². The molecule has 0 saturated heterocycles. The molecule has 0 fully saturated rings. The molecule has 0 atom stereocenters. The molecule has 0 unspecified atom stereocenters. The van der Waals surface area contributed by atoms with E-state index in [2.05, 4.69) is 181 Å². The Morgan fingerprint density at radius 2 is 0.848 bits per heavy atom. The number of hydrogen-bond donors (Lipinski definition) is 0. The maximum absolute atomic E-state index is 17.0. The minimum Gasteiger partial charge on any atom is -0.457 e. The minimum absolute atomic E-state index is 0.0314. The van der Waals surface area contributed by atoms with Crippen molar-refractivity contribution in [2.75, 3.05) is 16.5 Å². The summed E-state index contributed by atoms with van der Waals surface area (Å²) < 4.78 is 90.7. The lowest BCUT2D eigenvalue weighted by Gasteiger charge is -2.32. The average molecular weight is 1230 g/mol. The third kappa shape index (κ3) is 11.3. The van der Waals surface area contributed by atoms with Crippen LogP contribution in [0.1, 0.15) is 105 Å². The van der Waals surface area contributed by atoms with Crippen molar-refractivity contribution in [3.8, 4) is 73.0 Å². The largest absolute Gasteiger partial charge is 0.457 e. The van der Waals surface area contributed by atoms with Crippen molar-refractivity contribution in [3.05, 3.63) is 264 Å². The van der Waals surface area contributed by atoms with E-state index in [0.717, 1.165) is 88.9 Å². The molecule has 10 heteroatoms. The summed E-state index contributed by atoms with van der Waals surface area (Å²) in [6, 6.07) is 69.8. The smallest absolute Gasteiger partial charge is 0.200 e. The molecule has 0 radical (unpaired) electrons. The van der Waals surface area contributed by atoms with E-state index in [4.69, 9.17) is 9.72 Å². The fraction of sp³-hybridized carbons (Fsp3) is 0.207. The number of para-hydroxylation sites is 3. The Kier molecular flexibility index (Phi) is 15.2. The van der Waals surface area contributed by atoms with Crippen molar-refractivity contribution in [2.45, 2.75) is 105 Å². The van der Waals surface area contributed by atoms with E-state index in [9.17, 15) is 0 Å². The normalized spacial score (nSPS) is 13.0. The zero-order valence-electron chi connectivity index (χ0n) is 54.0. The first-order chi connectivity index (χ1) is 43.7. The second kappa shape index (κ2) is 22.8. The third-order valence-electron chi connectivity index (χ3n) is 17.9. The van der Waals surface area contributed by atoms with Crippen LogP contribution in [0, 0.1) is 29.1 Å². The molecule has 1 aliphatic heterocycles. The first kappa shape index (κ1) is 61.1. The van der Waals surface area contributed by atoms with E-state index < -0.39 is 40.1 Å². The first-order valence-corrected chi connectivity index (χ1v) is 31.3. The van der Waals surface area contributed by atoms with Gasteiger partial charge in [0.2, 0.25) is 5.82 Å². The summed E-state index contributed by atoms with van der Waals surface area (Å²) in [4.78, 5) is 9.02. The van der Waals surface area contributed by atoms with Crippen LogP contribution in [-0.2, 0) is 21.7 Å². The molecule has 1 aliphatic rings. The highest BCUT2D eigenvalue weighted by Crippen LogP contribution is 2.54. The van der Waals surface area contributed by atoms with Crippen LogP contribution in [0.5, 0.6) is 11.5 Å². The lowest BCUT2D eigenvalue weighted by Crippen LogP contribution is -2.26. The number of aromatic nitrogens is 2. The molecular weight excluding hydrogens is 1150 g/mol. The van der Waals surface area contributed by atoms with Gasteiger partial charge in [-0.3, -0.25) is 4.57 Å². The maximum Gasteiger partial charge on any atom is 0.200 e. The van der Waals surface area contributed by atoms with Crippen molar-refractivity contribution in [3.63, 3.8) is 0 Å². The number of fused-ring (bicyclic) bond motifs is 4. The first-order valence-electron chi connectivity index (χ1n) is 31.3. The van der Waals surface area contributed by atoms with E-state index in [1.165, 1.54) is 0 Å². The monoisotopic (exact) mass is 1220 g/mol. The van der Waals surface area contributed by atoms with Gasteiger partial charge in [-0.05, 0) is 168 Å². The molecule has 13 rings (SSSR count). The molecule has 0 spiro atoms. The second-order valence-corrected chi connectivity index (χ2v) is 28.4. The van der Waals surface area contributed by atoms with Gasteiger partial charge in [-0.1, -0.05) is 192 Å². The van der Waals surface area contributed by atoms with Crippen LogP contribution in [0.15, 0.2) is 212 Å². The molecule has 0 N–H and O–H groups in total. The molecule has 0 bridgehead atoms. The summed E-state index contributed by atoms with van der Waals surface area (Å²) in [5, 5.41) is 2.10. The summed E-state index contributed by atoms with van der Waals surface area (Å²) in [6.45, 7) is 25.3. The van der Waals surface area contributed by atoms with Crippen molar-refractivity contribution < 1.29 is 26.7 Å². The second-order valence-electron chi connectivity index (χ2n) is 28.4. The predicted octanol–water partition coefficient (Wildman–Crippen LogP) is 23.4. The predicted molar refractivity (Wildman–Crippen MR) is 369 cm³/mol. The molecule has 12 aromatic rings. The molecule has 0 aliphatic carbocycles. The lowest BCUT2D eigenvalue weighted by molar-refractivity contribution is 0.381. The summed E-state index contributed by atoms with van der Waals surface area (Å²) in [5.41, 5.74) is 12.5. The van der Waals surface area contributed by atoms with Gasteiger partial charge in [0.05, 0.1) is 33.7 Å². The Balaban J connectivity index is 1.05. The summed E-state index contributed by atoms with van der Waals surface area (Å²) in [6.07, 6.45) is 1.87. The number of halogens is 5. The maximum atomic E-state index is 17.0. The van der Waals surface area contributed by atoms with Gasteiger partial charge < -0.3 is 14.5 Å². The van der Waals surface area contributed by atoms with Crippen LogP contribution in [0.25, 0.3) is 83.3 Å². The van der Waals surface area contributed by atoms with Gasteiger partial charge in [-0.15, -0.1) is 0 Å². The molecule has 10 aromatic carbocycles. The molecule has 462 valence electrons. The van der Waals surface area contributed by atoms with Gasteiger partial charge in [-0.2, -0.15) is 0 Å². The molecule has 92 heavy (non-hydrogen) atoms. The number of hydrogen-bond acceptors (Lipinski definition) is 4. The number of ether oxygens (including phenoxy) is 1. The SMILES string of the molecule is CC(C)(C)c1cc(-c2cc(C(C)(C)C)cc(-c3c(F)c(F)c(F)c(F)c3F)c2N2CN(c3cc(Oc4ccc5c6ccccc6n(-c6cc(C(C)(C)C)ccn6)c5c4)cc(-c4cc(-c5ccccc5)cc(-c5ccccc5)c4)c3)c3ccccc32)cc(C(C)(C)C)c1. The van der Waals surface area contributed by atoms with Gasteiger partial charge in [0.25, 0.3) is 0 Å². The Morgan fingerprint density at radius 3 is 1.43 bits per heavy atom. The van der Waals surface area contributed by atoms with Crippen molar-refractivity contribution in [2.24, 2.45) is 0 Å². The van der Waals surface area contributed by atoms with Crippen molar-refractivity contribution in [1.82, 2.24) is 9.55 Å². The third-order valence-corrected chi connectivity index (χ3v) is 17.9. The molecular formula is C82H73F5N4O. The molecule has 0 amide bonds. The van der Waals surface area contributed by atoms with E-state index in [0.29, 0.717) is 34.0 Å². The molecule has 0 saturated carbocycles. The zero-order chi connectivity index (χ0) is 64.9. The van der Waals surface area contributed by atoms with E-state index in [-0.39, 0.29) is 34.2 Å². The summed E-state index contributed by atoms with van der Waals surface area (Å²) in [7, 11) is 0. The number of anilines is 4. The molecule has 5 nitrogen and oxygen atoms in total. The highest BCUT2D eigenvalue weighted by atomic mass is 19.2. The Bertz CT molecular complexity index is 4750. The number of rotatable bonds is 10. The summed E-state index contributed by atoms with van der Waals surface area (Å²) in [5.74, 6) is -8.24. The molecule has 3 heterocycles. The van der Waals surface area contributed by atoms with E-state index in [1.807, 2.05) is 123 Å². The lowest BCUT2D eigenvalue weighted by atomic mass is 9.77. The average Bonchev–Trinajstić information content (AvgIpc) is 1.35. The van der Waals surface area contributed by atoms with Gasteiger partial charge in [-0.25, -0.2) is 26.9 Å². The van der Waals surface area contributed by atoms with E-state index in [1.54, 1.807) is 6.07 Å². The standard InChI is InChI=1S/C82H73F5N4O/c1-79(2,3)56-33-34-88-71(45-56)91-67-28-20-19-27-63(67)64-32-31-61(47-70(64)91)92-62-41-54(53-36-51(49-23-15-13-16-24-49)35-52(37-53)50-25-17-14-18-26-50)40-60(46-62)89-48-90(69-30-22-21-29-68(69)89)78-65(55-38-57(80(4,5)6)42-58(39-55)81(7,8)9)43-59(82(10,11)12)44-66(78)72-73(83)75(85)77(87)76(86)74(72)84/h13-47H,48H2,1-12H3. The molecule has 2 aromatic heterocycles. The summed E-state index contributed by atoms with van der Waals surface area (Å²) >= 11 is 0. The fourth-order valence-electron chi connectivity index (χ4n) is 12.6. The highest BCUT2D eigenvalue weighted by Gasteiger charge is 2.37. The van der Waals surface area contributed by atoms with Crippen LogP contribution >= 0.6 is 0 Å². The van der Waals surface area contributed by atoms with Crippen LogP contribution in [-0.4, -0.2) is 16.2 Å². The quantitative estimate of drug-likeness (QED) is 0.0776. The van der Waals surface area contributed by atoms with Gasteiger partial charge in [0.15, 0.2) is 23.3 Å². The van der Waals surface area contributed by atoms with Crippen LogP contribution in [0.4, 0.5) is 44.7 Å². The van der Waals surface area contributed by atoms with Gasteiger partial charge in [0, 0.05) is 45.9 Å². The zero-order valence-corrected chi connectivity index (χ0v) is 54.0. The Hall–Kier alpha value is -9.80. The van der Waals surface area contributed by atoms with Gasteiger partial charge >= 0.3 is 0 Å².